The standard InChI is InChI=1S/C10H18N2S/c1-3-10(2)7-13-9(12-10)11-8-5-4-6-8/h8H,3-7H2,1-2H3,(H,11,12). The Labute approximate surface area is 84.6 Å². The summed E-state index contributed by atoms with van der Waals surface area (Å²) in [7, 11) is 0. The van der Waals surface area contributed by atoms with E-state index >= 15 is 0 Å². The van der Waals surface area contributed by atoms with E-state index in [0.29, 0.717) is 11.6 Å². The number of hydrogen-bond acceptors (Lipinski definition) is 2. The van der Waals surface area contributed by atoms with Gasteiger partial charge in [0.2, 0.25) is 0 Å². The molecule has 1 N–H and O–H groups in total. The Bertz CT molecular complexity index is 223. The number of hydrogen-bond donors (Lipinski definition) is 1. The fraction of sp³-hybridized carbons (Fsp3) is 0.900. The van der Waals surface area contributed by atoms with E-state index in [9.17, 15) is 0 Å². The normalized spacial score (nSPS) is 37.5. The molecule has 1 aliphatic carbocycles. The third-order valence-corrected chi connectivity index (χ3v) is 4.35. The van der Waals surface area contributed by atoms with Gasteiger partial charge in [-0.15, -0.1) is 0 Å². The number of nitrogens with one attached hydrogen (secondary N) is 1. The molecule has 1 atom stereocenters. The van der Waals surface area contributed by atoms with Gasteiger partial charge in [-0.3, -0.25) is 4.99 Å². The lowest BCUT2D eigenvalue weighted by Gasteiger charge is -2.23. The highest BCUT2D eigenvalue weighted by Crippen LogP contribution is 2.29. The monoisotopic (exact) mass is 198 g/mol. The van der Waals surface area contributed by atoms with Crippen molar-refractivity contribution < 1.29 is 0 Å². The van der Waals surface area contributed by atoms with Crippen LogP contribution in [-0.2, 0) is 0 Å². The lowest BCUT2D eigenvalue weighted by molar-refractivity contribution is 0.415. The molecule has 1 saturated carbocycles. The summed E-state index contributed by atoms with van der Waals surface area (Å²) >= 11 is 1.89. The Morgan fingerprint density at radius 1 is 1.62 bits per heavy atom. The molecular formula is C10H18N2S. The van der Waals surface area contributed by atoms with E-state index in [2.05, 4.69) is 19.2 Å². The quantitative estimate of drug-likeness (QED) is 0.737. The molecule has 1 heterocycles. The van der Waals surface area contributed by atoms with Gasteiger partial charge in [-0.2, -0.15) is 0 Å². The Hall–Kier alpha value is -0.180. The van der Waals surface area contributed by atoms with Crippen LogP contribution in [0.4, 0.5) is 0 Å². The molecule has 0 radical (unpaired) electrons. The zero-order chi connectivity index (χ0) is 9.31. The summed E-state index contributed by atoms with van der Waals surface area (Å²) in [5, 5.41) is 4.72. The summed E-state index contributed by atoms with van der Waals surface area (Å²) in [5.74, 6) is 1.18. The van der Waals surface area contributed by atoms with Gasteiger partial charge in [-0.25, -0.2) is 0 Å². The zero-order valence-corrected chi connectivity index (χ0v) is 9.28. The molecule has 0 spiro atoms. The van der Waals surface area contributed by atoms with Crippen molar-refractivity contribution >= 4 is 16.9 Å². The van der Waals surface area contributed by atoms with E-state index < -0.39 is 0 Å². The molecular weight excluding hydrogens is 180 g/mol. The van der Waals surface area contributed by atoms with Gasteiger partial charge in [0, 0.05) is 11.3 Å². The van der Waals surface area contributed by atoms with Crippen molar-refractivity contribution in [3.05, 3.63) is 0 Å². The Morgan fingerprint density at radius 2 is 2.38 bits per heavy atom. The smallest absolute Gasteiger partial charge is 0.157 e. The summed E-state index contributed by atoms with van der Waals surface area (Å²) in [6, 6.07) is 0.634. The lowest BCUT2D eigenvalue weighted by atomic mass is 9.94. The average molecular weight is 198 g/mol. The maximum Gasteiger partial charge on any atom is 0.157 e. The van der Waals surface area contributed by atoms with Gasteiger partial charge in [0.15, 0.2) is 5.17 Å². The predicted octanol–water partition coefficient (Wildman–Crippen LogP) is 2.40. The second kappa shape index (κ2) is 3.52. The molecule has 2 rings (SSSR count). The Balaban J connectivity index is 1.93. The van der Waals surface area contributed by atoms with E-state index in [0.717, 1.165) is 0 Å². The SMILES string of the molecule is CCC1(C)CSC(=NC2CCC2)N1. The highest BCUT2D eigenvalue weighted by Gasteiger charge is 2.31. The van der Waals surface area contributed by atoms with Gasteiger partial charge >= 0.3 is 0 Å². The van der Waals surface area contributed by atoms with Crippen molar-refractivity contribution in [3.8, 4) is 0 Å². The van der Waals surface area contributed by atoms with Gasteiger partial charge in [-0.1, -0.05) is 18.7 Å². The van der Waals surface area contributed by atoms with Crippen LogP contribution in [0.3, 0.4) is 0 Å². The molecule has 1 saturated heterocycles. The van der Waals surface area contributed by atoms with Crippen LogP contribution in [0.15, 0.2) is 4.99 Å². The molecule has 74 valence electrons. The van der Waals surface area contributed by atoms with Crippen LogP contribution < -0.4 is 5.32 Å². The average Bonchev–Trinajstić information content (AvgIpc) is 2.42. The van der Waals surface area contributed by atoms with E-state index in [1.807, 2.05) is 11.8 Å². The summed E-state index contributed by atoms with van der Waals surface area (Å²) in [6.07, 6.45) is 5.16. The molecule has 0 aromatic carbocycles. The number of nitrogens with zero attached hydrogens (tertiary/aromatic N) is 1. The van der Waals surface area contributed by atoms with Crippen molar-refractivity contribution in [2.24, 2.45) is 4.99 Å². The number of rotatable bonds is 2. The predicted molar refractivity (Wildman–Crippen MR) is 59.4 cm³/mol. The van der Waals surface area contributed by atoms with Gasteiger partial charge < -0.3 is 5.32 Å². The molecule has 0 amide bonds. The fourth-order valence-electron chi connectivity index (χ4n) is 1.50. The van der Waals surface area contributed by atoms with Crippen LogP contribution >= 0.6 is 11.8 Å². The number of thioether (sulfide) groups is 1. The van der Waals surface area contributed by atoms with Crippen molar-refractivity contribution in [2.75, 3.05) is 5.75 Å². The molecule has 1 unspecified atom stereocenters. The second-order valence-electron chi connectivity index (χ2n) is 4.35. The summed E-state index contributed by atoms with van der Waals surface area (Å²) < 4.78 is 0. The molecule has 2 fully saturated rings. The lowest BCUT2D eigenvalue weighted by Crippen LogP contribution is -2.40. The topological polar surface area (TPSA) is 24.4 Å². The van der Waals surface area contributed by atoms with Crippen LogP contribution in [0.5, 0.6) is 0 Å². The maximum absolute atomic E-state index is 4.69. The number of amidine groups is 1. The highest BCUT2D eigenvalue weighted by molar-refractivity contribution is 8.14. The first kappa shape index (κ1) is 9.38. The largest absolute Gasteiger partial charge is 0.359 e. The molecule has 3 heteroatoms. The minimum atomic E-state index is 0.299. The summed E-state index contributed by atoms with van der Waals surface area (Å²) in [6.45, 7) is 4.52. The minimum absolute atomic E-state index is 0.299. The summed E-state index contributed by atoms with van der Waals surface area (Å²) in [5.41, 5.74) is 0.299. The fourth-order valence-corrected chi connectivity index (χ4v) is 2.77. The first-order valence-electron chi connectivity index (χ1n) is 5.21. The van der Waals surface area contributed by atoms with Gasteiger partial charge in [-0.05, 0) is 32.6 Å². The van der Waals surface area contributed by atoms with Gasteiger partial charge in [0.25, 0.3) is 0 Å². The Kier molecular flexibility index (Phi) is 2.54. The molecule has 0 bridgehead atoms. The van der Waals surface area contributed by atoms with Crippen molar-refractivity contribution in [1.29, 1.82) is 0 Å². The number of aliphatic imine (C=N–C) groups is 1. The van der Waals surface area contributed by atoms with Gasteiger partial charge in [0.1, 0.15) is 0 Å². The van der Waals surface area contributed by atoms with E-state index in [1.54, 1.807) is 0 Å². The van der Waals surface area contributed by atoms with Crippen molar-refractivity contribution in [3.63, 3.8) is 0 Å². The zero-order valence-electron chi connectivity index (χ0n) is 8.47. The molecule has 0 aromatic heterocycles. The van der Waals surface area contributed by atoms with Crippen molar-refractivity contribution in [1.82, 2.24) is 5.32 Å². The molecule has 2 aliphatic rings. The first-order valence-corrected chi connectivity index (χ1v) is 6.19. The third kappa shape index (κ3) is 2.01. The van der Waals surface area contributed by atoms with E-state index in [4.69, 9.17) is 4.99 Å². The molecule has 1 aliphatic heterocycles. The Morgan fingerprint density at radius 3 is 2.85 bits per heavy atom. The van der Waals surface area contributed by atoms with Crippen LogP contribution in [0.25, 0.3) is 0 Å². The molecule has 0 aromatic rings. The van der Waals surface area contributed by atoms with Crippen LogP contribution in [0.1, 0.15) is 39.5 Å². The second-order valence-corrected chi connectivity index (χ2v) is 5.31. The highest BCUT2D eigenvalue weighted by atomic mass is 32.2. The molecule has 13 heavy (non-hydrogen) atoms. The first-order chi connectivity index (χ1) is 6.22. The van der Waals surface area contributed by atoms with Crippen LogP contribution in [-0.4, -0.2) is 22.5 Å². The van der Waals surface area contributed by atoms with Crippen LogP contribution in [0, 0.1) is 0 Å². The maximum atomic E-state index is 4.69. The van der Waals surface area contributed by atoms with Crippen molar-refractivity contribution in [2.45, 2.75) is 51.1 Å². The molecule has 2 nitrogen and oxygen atoms in total. The van der Waals surface area contributed by atoms with Crippen LogP contribution in [0.2, 0.25) is 0 Å². The van der Waals surface area contributed by atoms with E-state index in [1.165, 1.54) is 36.6 Å². The summed E-state index contributed by atoms with van der Waals surface area (Å²) in [4.78, 5) is 4.69. The van der Waals surface area contributed by atoms with Gasteiger partial charge in [0.05, 0.1) is 6.04 Å². The van der Waals surface area contributed by atoms with E-state index in [-0.39, 0.29) is 0 Å². The minimum Gasteiger partial charge on any atom is -0.359 e. The third-order valence-electron chi connectivity index (χ3n) is 3.09.